The van der Waals surface area contributed by atoms with Crippen LogP contribution in [0.5, 0.6) is 0 Å². The van der Waals surface area contributed by atoms with Crippen LogP contribution >= 0.6 is 0 Å². The Kier molecular flexibility index (Phi) is 4.58. The predicted octanol–water partition coefficient (Wildman–Crippen LogP) is 0.00630. The highest BCUT2D eigenvalue weighted by atomic mass is 16.3. The minimum absolute atomic E-state index is 0.274. The van der Waals surface area contributed by atoms with Gasteiger partial charge in [0.05, 0.1) is 6.61 Å². The van der Waals surface area contributed by atoms with Gasteiger partial charge in [-0.3, -0.25) is 0 Å². The SMILES string of the molecule is CN(CCO)CCN1CCCC1. The van der Waals surface area contributed by atoms with Crippen LogP contribution in [0.4, 0.5) is 0 Å². The molecule has 1 aliphatic heterocycles. The van der Waals surface area contributed by atoms with E-state index in [0.717, 1.165) is 19.6 Å². The zero-order valence-corrected chi connectivity index (χ0v) is 8.00. The molecule has 0 spiro atoms. The highest BCUT2D eigenvalue weighted by molar-refractivity contribution is 4.67. The van der Waals surface area contributed by atoms with Crippen LogP contribution in [0.3, 0.4) is 0 Å². The second kappa shape index (κ2) is 5.51. The molecule has 0 bridgehead atoms. The minimum Gasteiger partial charge on any atom is -0.395 e. The summed E-state index contributed by atoms with van der Waals surface area (Å²) >= 11 is 0. The molecule has 3 nitrogen and oxygen atoms in total. The van der Waals surface area contributed by atoms with E-state index in [1.165, 1.54) is 25.9 Å². The van der Waals surface area contributed by atoms with Gasteiger partial charge < -0.3 is 14.9 Å². The fraction of sp³-hybridized carbons (Fsp3) is 1.00. The number of aliphatic hydroxyl groups is 1. The van der Waals surface area contributed by atoms with Gasteiger partial charge in [0.1, 0.15) is 0 Å². The fourth-order valence-electron chi connectivity index (χ4n) is 1.60. The van der Waals surface area contributed by atoms with Crippen LogP contribution < -0.4 is 0 Å². The number of rotatable bonds is 5. The third-order valence-electron chi connectivity index (χ3n) is 2.48. The van der Waals surface area contributed by atoms with Crippen molar-refractivity contribution >= 4 is 0 Å². The van der Waals surface area contributed by atoms with Gasteiger partial charge in [0, 0.05) is 19.6 Å². The van der Waals surface area contributed by atoms with Crippen molar-refractivity contribution in [3.05, 3.63) is 0 Å². The molecule has 0 aromatic rings. The van der Waals surface area contributed by atoms with Crippen LogP contribution in [0.15, 0.2) is 0 Å². The van der Waals surface area contributed by atoms with Gasteiger partial charge in [-0.15, -0.1) is 0 Å². The van der Waals surface area contributed by atoms with Crippen molar-refractivity contribution in [3.63, 3.8) is 0 Å². The molecular weight excluding hydrogens is 152 g/mol. The summed E-state index contributed by atoms with van der Waals surface area (Å²) in [6, 6.07) is 0. The molecular formula is C9H20N2O. The maximum atomic E-state index is 8.67. The Labute approximate surface area is 75.0 Å². The van der Waals surface area contributed by atoms with E-state index in [0.29, 0.717) is 0 Å². The van der Waals surface area contributed by atoms with E-state index in [-0.39, 0.29) is 6.61 Å². The lowest BCUT2D eigenvalue weighted by atomic mass is 10.4. The maximum absolute atomic E-state index is 8.67. The lowest BCUT2D eigenvalue weighted by Crippen LogP contribution is -2.32. The molecule has 0 aliphatic carbocycles. The van der Waals surface area contributed by atoms with Crippen LogP contribution in [0.1, 0.15) is 12.8 Å². The quantitative estimate of drug-likeness (QED) is 0.632. The van der Waals surface area contributed by atoms with Gasteiger partial charge in [-0.1, -0.05) is 0 Å². The highest BCUT2D eigenvalue weighted by Crippen LogP contribution is 2.06. The second-order valence-electron chi connectivity index (χ2n) is 3.58. The molecule has 0 aromatic heterocycles. The van der Waals surface area contributed by atoms with Crippen LogP contribution in [0, 0.1) is 0 Å². The first kappa shape index (κ1) is 9.96. The Hall–Kier alpha value is -0.120. The monoisotopic (exact) mass is 172 g/mol. The minimum atomic E-state index is 0.274. The molecule has 0 saturated carbocycles. The Balaban J connectivity index is 1.99. The zero-order chi connectivity index (χ0) is 8.81. The summed E-state index contributed by atoms with van der Waals surface area (Å²) in [7, 11) is 2.06. The number of likely N-dealkylation sites (N-methyl/N-ethyl adjacent to an activating group) is 1. The molecule has 0 aromatic carbocycles. The van der Waals surface area contributed by atoms with Crippen LogP contribution in [-0.4, -0.2) is 61.3 Å². The largest absolute Gasteiger partial charge is 0.395 e. The van der Waals surface area contributed by atoms with E-state index in [9.17, 15) is 0 Å². The Morgan fingerprint density at radius 3 is 2.50 bits per heavy atom. The number of likely N-dealkylation sites (tertiary alicyclic amines) is 1. The van der Waals surface area contributed by atoms with Gasteiger partial charge >= 0.3 is 0 Å². The van der Waals surface area contributed by atoms with Crippen LogP contribution in [-0.2, 0) is 0 Å². The molecule has 72 valence electrons. The van der Waals surface area contributed by atoms with Crippen molar-refractivity contribution < 1.29 is 5.11 Å². The normalized spacial score (nSPS) is 19.2. The van der Waals surface area contributed by atoms with Gasteiger partial charge in [0.25, 0.3) is 0 Å². The van der Waals surface area contributed by atoms with Crippen molar-refractivity contribution in [1.82, 2.24) is 9.80 Å². The van der Waals surface area contributed by atoms with E-state index < -0.39 is 0 Å². The number of hydrogen-bond donors (Lipinski definition) is 1. The molecule has 0 unspecified atom stereocenters. The van der Waals surface area contributed by atoms with Gasteiger partial charge in [-0.05, 0) is 33.0 Å². The lowest BCUT2D eigenvalue weighted by molar-refractivity contribution is 0.202. The predicted molar refractivity (Wildman–Crippen MR) is 50.3 cm³/mol. The van der Waals surface area contributed by atoms with Gasteiger partial charge in [0.15, 0.2) is 0 Å². The van der Waals surface area contributed by atoms with Gasteiger partial charge in [0.2, 0.25) is 0 Å². The molecule has 1 N–H and O–H groups in total. The van der Waals surface area contributed by atoms with Crippen molar-refractivity contribution in [1.29, 1.82) is 0 Å². The van der Waals surface area contributed by atoms with Crippen molar-refractivity contribution in [3.8, 4) is 0 Å². The standard InChI is InChI=1S/C9H20N2O/c1-10(8-9-12)6-7-11-4-2-3-5-11/h12H,2-9H2,1H3. The van der Waals surface area contributed by atoms with Gasteiger partial charge in [-0.2, -0.15) is 0 Å². The second-order valence-corrected chi connectivity index (χ2v) is 3.58. The molecule has 0 atom stereocenters. The van der Waals surface area contributed by atoms with E-state index in [1.54, 1.807) is 0 Å². The molecule has 1 aliphatic rings. The first-order chi connectivity index (χ1) is 5.83. The zero-order valence-electron chi connectivity index (χ0n) is 8.00. The Morgan fingerprint density at radius 2 is 1.92 bits per heavy atom. The molecule has 1 rings (SSSR count). The fourth-order valence-corrected chi connectivity index (χ4v) is 1.60. The van der Waals surface area contributed by atoms with Crippen LogP contribution in [0.2, 0.25) is 0 Å². The molecule has 1 saturated heterocycles. The van der Waals surface area contributed by atoms with E-state index >= 15 is 0 Å². The molecule has 1 fully saturated rings. The average Bonchev–Trinajstić information content (AvgIpc) is 2.53. The van der Waals surface area contributed by atoms with E-state index in [2.05, 4.69) is 16.8 Å². The molecule has 3 heteroatoms. The molecule has 1 heterocycles. The number of hydrogen-bond acceptors (Lipinski definition) is 3. The first-order valence-electron chi connectivity index (χ1n) is 4.84. The topological polar surface area (TPSA) is 26.7 Å². The summed E-state index contributed by atoms with van der Waals surface area (Å²) in [5, 5.41) is 8.67. The smallest absolute Gasteiger partial charge is 0.0558 e. The Bertz CT molecular complexity index is 113. The third kappa shape index (κ3) is 3.52. The maximum Gasteiger partial charge on any atom is 0.0558 e. The summed E-state index contributed by atoms with van der Waals surface area (Å²) in [5.74, 6) is 0. The first-order valence-corrected chi connectivity index (χ1v) is 4.84. The molecule has 12 heavy (non-hydrogen) atoms. The summed E-state index contributed by atoms with van der Waals surface area (Å²) in [6.45, 7) is 5.86. The summed E-state index contributed by atoms with van der Waals surface area (Å²) in [5.41, 5.74) is 0. The molecule has 0 amide bonds. The van der Waals surface area contributed by atoms with Crippen molar-refractivity contribution in [2.75, 3.05) is 46.4 Å². The molecule has 0 radical (unpaired) electrons. The van der Waals surface area contributed by atoms with E-state index in [4.69, 9.17) is 5.11 Å². The number of aliphatic hydroxyl groups excluding tert-OH is 1. The van der Waals surface area contributed by atoms with Gasteiger partial charge in [-0.25, -0.2) is 0 Å². The summed E-state index contributed by atoms with van der Waals surface area (Å²) in [6.07, 6.45) is 2.73. The summed E-state index contributed by atoms with van der Waals surface area (Å²) < 4.78 is 0. The van der Waals surface area contributed by atoms with Crippen molar-refractivity contribution in [2.45, 2.75) is 12.8 Å². The third-order valence-corrected chi connectivity index (χ3v) is 2.48. The van der Waals surface area contributed by atoms with Crippen LogP contribution in [0.25, 0.3) is 0 Å². The lowest BCUT2D eigenvalue weighted by Gasteiger charge is -2.20. The summed E-state index contributed by atoms with van der Waals surface area (Å²) in [4.78, 5) is 4.67. The average molecular weight is 172 g/mol. The number of nitrogens with zero attached hydrogens (tertiary/aromatic N) is 2. The highest BCUT2D eigenvalue weighted by Gasteiger charge is 2.11. The van der Waals surface area contributed by atoms with E-state index in [1.807, 2.05) is 0 Å². The van der Waals surface area contributed by atoms with Crippen molar-refractivity contribution in [2.24, 2.45) is 0 Å². The Morgan fingerprint density at radius 1 is 1.25 bits per heavy atom.